The number of thioether (sulfide) groups is 1. The Morgan fingerprint density at radius 2 is 1.24 bits per heavy atom. The highest BCUT2D eigenvalue weighted by Gasteiger charge is 2.34. The van der Waals surface area contributed by atoms with Crippen LogP contribution in [0.4, 0.5) is 13.2 Å². The maximum absolute atomic E-state index is 13.5. The number of hydrogen-bond donors (Lipinski definition) is 1. The van der Waals surface area contributed by atoms with E-state index in [4.69, 9.17) is 0 Å². The third-order valence-electron chi connectivity index (χ3n) is 3.78. The van der Waals surface area contributed by atoms with E-state index in [-0.39, 0.29) is 4.90 Å². The molecule has 0 N–H and O–H groups in total. The quantitative estimate of drug-likeness (QED) is 0.380. The van der Waals surface area contributed by atoms with Crippen LogP contribution < -0.4 is 0 Å². The van der Waals surface area contributed by atoms with Gasteiger partial charge in [0.2, 0.25) is 0 Å². The number of hydrogen-bond acceptors (Lipinski definition) is 1. The molecule has 0 unspecified atom stereocenters. The highest BCUT2D eigenvalue weighted by atomic mass is 32.2. The first kappa shape index (κ1) is 18.0. The summed E-state index contributed by atoms with van der Waals surface area (Å²) in [6.45, 7) is 0. The number of alkyl halides is 3. The Bertz CT molecular complexity index is 791. The predicted octanol–water partition coefficient (Wildman–Crippen LogP) is 6.91. The van der Waals surface area contributed by atoms with Crippen LogP contribution in [0.15, 0.2) is 98.4 Å². The third kappa shape index (κ3) is 4.05. The Morgan fingerprint density at radius 1 is 0.720 bits per heavy atom. The molecule has 0 nitrogen and oxygen atoms in total. The van der Waals surface area contributed by atoms with Gasteiger partial charge in [0.15, 0.2) is 0 Å². The van der Waals surface area contributed by atoms with E-state index >= 15 is 0 Å². The van der Waals surface area contributed by atoms with Gasteiger partial charge in [0.05, 0.1) is 5.56 Å². The van der Waals surface area contributed by atoms with Crippen LogP contribution in [0, 0.1) is 0 Å². The SMILES string of the molecule is CSc1ccc([SH](c2ccccc2)c2ccccc2)cc1C(F)(F)F. The van der Waals surface area contributed by atoms with Crippen molar-refractivity contribution in [2.45, 2.75) is 25.8 Å². The van der Waals surface area contributed by atoms with Gasteiger partial charge in [-0.1, -0.05) is 36.4 Å². The maximum Gasteiger partial charge on any atom is 0.417 e. The smallest absolute Gasteiger partial charge is 0.173 e. The van der Waals surface area contributed by atoms with Crippen LogP contribution in [0.25, 0.3) is 0 Å². The fourth-order valence-corrected chi connectivity index (χ4v) is 5.57. The second-order valence-electron chi connectivity index (χ2n) is 5.39. The van der Waals surface area contributed by atoms with E-state index in [2.05, 4.69) is 0 Å². The minimum atomic E-state index is -4.36. The van der Waals surface area contributed by atoms with Crippen molar-refractivity contribution >= 4 is 22.7 Å². The zero-order valence-electron chi connectivity index (χ0n) is 13.5. The molecule has 0 saturated carbocycles. The molecule has 25 heavy (non-hydrogen) atoms. The molecule has 0 radical (unpaired) electrons. The molecule has 5 heteroatoms. The van der Waals surface area contributed by atoms with Crippen LogP contribution in [-0.2, 0) is 6.18 Å². The molecule has 0 aliphatic heterocycles. The number of rotatable bonds is 4. The first-order chi connectivity index (χ1) is 12.0. The summed E-state index contributed by atoms with van der Waals surface area (Å²) in [6, 6.07) is 24.2. The minimum absolute atomic E-state index is 0.257. The first-order valence-corrected chi connectivity index (χ1v) is 10.2. The highest BCUT2D eigenvalue weighted by Crippen LogP contribution is 2.52. The average Bonchev–Trinajstić information content (AvgIpc) is 2.63. The molecule has 0 aromatic heterocycles. The molecule has 0 fully saturated rings. The molecule has 0 aliphatic carbocycles. The standard InChI is InChI=1S/C20H17F3S2/c1-24-19-13-12-17(14-18(19)20(21,22)23)25(15-8-4-2-5-9-15)16-10-6-3-7-11-16/h2-14,25H,1H3. The Balaban J connectivity index is 2.18. The Labute approximate surface area is 152 Å². The lowest BCUT2D eigenvalue weighted by atomic mass is 10.2. The van der Waals surface area contributed by atoms with Crippen molar-refractivity contribution in [3.8, 4) is 0 Å². The van der Waals surface area contributed by atoms with Gasteiger partial charge in [-0.2, -0.15) is 24.1 Å². The van der Waals surface area contributed by atoms with Crippen LogP contribution in [0.2, 0.25) is 0 Å². The molecular formula is C20H17F3S2. The summed E-state index contributed by atoms with van der Waals surface area (Å²) in [7, 11) is -1.04. The van der Waals surface area contributed by atoms with Crippen molar-refractivity contribution in [2.24, 2.45) is 0 Å². The predicted molar refractivity (Wildman–Crippen MR) is 99.9 cm³/mol. The number of benzene rings is 3. The lowest BCUT2D eigenvalue weighted by Crippen LogP contribution is -2.07. The van der Waals surface area contributed by atoms with E-state index in [0.717, 1.165) is 21.6 Å². The fraction of sp³-hybridized carbons (Fsp3) is 0.100. The summed E-state index contributed by atoms with van der Waals surface area (Å²) in [5, 5.41) is 0. The Hall–Kier alpha value is -1.85. The fourth-order valence-electron chi connectivity index (χ4n) is 2.66. The second-order valence-corrected chi connectivity index (χ2v) is 8.46. The van der Waals surface area contributed by atoms with Gasteiger partial charge in [-0.3, -0.25) is 0 Å². The van der Waals surface area contributed by atoms with E-state index in [9.17, 15) is 13.2 Å². The van der Waals surface area contributed by atoms with E-state index in [0.29, 0.717) is 4.90 Å². The van der Waals surface area contributed by atoms with E-state index < -0.39 is 22.6 Å². The van der Waals surface area contributed by atoms with Crippen molar-refractivity contribution in [3.63, 3.8) is 0 Å². The molecule has 0 bridgehead atoms. The Morgan fingerprint density at radius 3 is 1.68 bits per heavy atom. The van der Waals surface area contributed by atoms with Gasteiger partial charge in [-0.25, -0.2) is 0 Å². The summed E-state index contributed by atoms with van der Waals surface area (Å²) in [6.07, 6.45) is -2.69. The van der Waals surface area contributed by atoms with Crippen LogP contribution in [0.5, 0.6) is 0 Å². The summed E-state index contributed by atoms with van der Waals surface area (Å²) in [5.74, 6) is 0. The monoisotopic (exact) mass is 378 g/mol. The molecule has 0 aliphatic rings. The molecule has 130 valence electrons. The number of thiol groups is 1. The van der Waals surface area contributed by atoms with Crippen molar-refractivity contribution in [3.05, 3.63) is 84.4 Å². The van der Waals surface area contributed by atoms with Crippen molar-refractivity contribution in [1.82, 2.24) is 0 Å². The molecular weight excluding hydrogens is 361 g/mol. The lowest BCUT2D eigenvalue weighted by Gasteiger charge is -2.25. The molecule has 0 saturated heterocycles. The molecule has 0 spiro atoms. The molecule has 0 atom stereocenters. The third-order valence-corrected chi connectivity index (χ3v) is 6.99. The zero-order valence-corrected chi connectivity index (χ0v) is 15.2. The van der Waals surface area contributed by atoms with Crippen molar-refractivity contribution in [2.75, 3.05) is 6.26 Å². The van der Waals surface area contributed by atoms with Crippen LogP contribution in [-0.4, -0.2) is 6.26 Å². The lowest BCUT2D eigenvalue weighted by molar-refractivity contribution is -0.139. The van der Waals surface area contributed by atoms with Gasteiger partial charge < -0.3 is 0 Å². The number of halogens is 3. The van der Waals surface area contributed by atoms with Gasteiger partial charge in [-0.05, 0) is 63.4 Å². The summed E-state index contributed by atoms with van der Waals surface area (Å²) >= 11 is 1.12. The van der Waals surface area contributed by atoms with Crippen LogP contribution in [0.1, 0.15) is 5.56 Å². The average molecular weight is 378 g/mol. The van der Waals surface area contributed by atoms with Gasteiger partial charge in [0, 0.05) is 4.90 Å². The molecule has 3 aromatic rings. The van der Waals surface area contributed by atoms with Crippen molar-refractivity contribution < 1.29 is 13.2 Å². The van der Waals surface area contributed by atoms with Crippen LogP contribution >= 0.6 is 22.7 Å². The topological polar surface area (TPSA) is 0 Å². The van der Waals surface area contributed by atoms with E-state index in [1.165, 1.54) is 6.07 Å². The summed E-state index contributed by atoms with van der Waals surface area (Å²) in [5.41, 5.74) is -0.558. The largest absolute Gasteiger partial charge is 0.417 e. The summed E-state index contributed by atoms with van der Waals surface area (Å²) in [4.78, 5) is 3.03. The molecule has 0 amide bonds. The Kier molecular flexibility index (Phi) is 5.45. The van der Waals surface area contributed by atoms with Gasteiger partial charge in [0.25, 0.3) is 0 Å². The highest BCUT2D eigenvalue weighted by molar-refractivity contribution is 8.17. The van der Waals surface area contributed by atoms with Gasteiger partial charge in [-0.15, -0.1) is 11.8 Å². The molecule has 3 aromatic carbocycles. The zero-order chi connectivity index (χ0) is 17.9. The van der Waals surface area contributed by atoms with Gasteiger partial charge in [0.1, 0.15) is 0 Å². The minimum Gasteiger partial charge on any atom is -0.173 e. The second kappa shape index (κ2) is 7.58. The normalized spacial score (nSPS) is 12.1. The molecule has 0 heterocycles. The first-order valence-electron chi connectivity index (χ1n) is 7.66. The summed E-state index contributed by atoms with van der Waals surface area (Å²) < 4.78 is 40.4. The van der Waals surface area contributed by atoms with Gasteiger partial charge >= 0.3 is 6.18 Å². The van der Waals surface area contributed by atoms with E-state index in [1.807, 2.05) is 66.7 Å². The maximum atomic E-state index is 13.5. The molecule has 3 rings (SSSR count). The van der Waals surface area contributed by atoms with E-state index in [1.54, 1.807) is 12.3 Å². The van der Waals surface area contributed by atoms with Crippen LogP contribution in [0.3, 0.4) is 0 Å². The van der Waals surface area contributed by atoms with Crippen molar-refractivity contribution in [1.29, 1.82) is 0 Å².